The predicted octanol–water partition coefficient (Wildman–Crippen LogP) is 29.6. The van der Waals surface area contributed by atoms with E-state index in [2.05, 4.69) is 51.3 Å². The van der Waals surface area contributed by atoms with Gasteiger partial charge >= 0.3 is 53.9 Å². The van der Waals surface area contributed by atoms with Crippen LogP contribution in [0.25, 0.3) is 0 Å². The summed E-state index contributed by atoms with van der Waals surface area (Å²) < 4.78 is 71.1. The second kappa shape index (κ2) is 113. The molecule has 0 bridgehead atoms. The van der Waals surface area contributed by atoms with Crippen molar-refractivity contribution in [3.05, 3.63) is 0 Å². The van der Waals surface area contributed by atoms with Crippen LogP contribution in [-0.4, -0.2) is 241 Å². The molecule has 0 aliphatic carbocycles. The molecule has 0 unspecified atom stereocenters. The van der Waals surface area contributed by atoms with Crippen LogP contribution in [0.4, 0.5) is 13.2 Å². The normalized spacial score (nSPS) is 11.2. The van der Waals surface area contributed by atoms with E-state index in [1.807, 2.05) is 47.2 Å². The summed E-state index contributed by atoms with van der Waals surface area (Å²) in [6, 6.07) is 0. The lowest BCUT2D eigenvalue weighted by Crippen LogP contribution is -2.44. The first-order valence-electron chi connectivity index (χ1n) is 58.7. The van der Waals surface area contributed by atoms with Gasteiger partial charge in [0.15, 0.2) is 0 Å². The number of nitrogens with zero attached hydrogens (tertiary/aromatic N) is 6. The van der Waals surface area contributed by atoms with Crippen LogP contribution in [0.3, 0.4) is 0 Å². The van der Waals surface area contributed by atoms with Crippen molar-refractivity contribution in [3.8, 4) is 0 Å². The molecule has 0 fully saturated rings. The molecule has 26 heteroatoms. The first kappa shape index (κ1) is 143. The molecule has 1 N–H and O–H groups in total. The predicted molar refractivity (Wildman–Crippen MR) is 579 cm³/mol. The van der Waals surface area contributed by atoms with Crippen LogP contribution in [-0.2, 0) is 76.4 Å². The van der Waals surface area contributed by atoms with Gasteiger partial charge in [-0.15, -0.1) is 0 Å². The molecule has 23 nitrogen and oxygen atoms in total. The van der Waals surface area contributed by atoms with E-state index in [4.69, 9.17) is 33.5 Å². The van der Waals surface area contributed by atoms with Crippen molar-refractivity contribution >= 4 is 59.5 Å². The van der Waals surface area contributed by atoms with Crippen molar-refractivity contribution in [2.24, 2.45) is 0 Å². The summed E-state index contributed by atoms with van der Waals surface area (Å²) in [6.45, 7) is 16.6. The minimum atomic E-state index is -5.06. The number of carbonyl (C=O) groups excluding carboxylic acids is 9. The second-order valence-electron chi connectivity index (χ2n) is 40.7. The van der Waals surface area contributed by atoms with Gasteiger partial charge in [-0.05, 0) is 120 Å². The van der Waals surface area contributed by atoms with Gasteiger partial charge in [0.1, 0.15) is 39.6 Å². The maximum absolute atomic E-state index is 13.0. The van der Waals surface area contributed by atoms with Crippen molar-refractivity contribution in [1.29, 1.82) is 0 Å². The van der Waals surface area contributed by atoms with Gasteiger partial charge in [0.25, 0.3) is 0 Å². The third kappa shape index (κ3) is 115. The molecule has 0 radical (unpaired) electrons. The molecule has 0 atom stereocenters. The molecule has 0 aliphatic rings. The number of rotatable bonds is 102. The molecule has 0 aliphatic heterocycles. The summed E-state index contributed by atoms with van der Waals surface area (Å²) in [7, 11) is 11.8. The molecule has 3 amide bonds. The molecule has 0 aromatic heterocycles. The molecule has 0 saturated heterocycles. The fourth-order valence-corrected chi connectivity index (χ4v) is 16.8. The summed E-state index contributed by atoms with van der Waals surface area (Å²) in [4.78, 5) is 130. The number of esters is 6. The van der Waals surface area contributed by atoms with Gasteiger partial charge < -0.3 is 62.9 Å². The number of halogens is 3. The van der Waals surface area contributed by atoms with Gasteiger partial charge in [-0.1, -0.05) is 427 Å². The topological polar surface area (TPSA) is 266 Å². The van der Waals surface area contributed by atoms with E-state index < -0.39 is 43.1 Å². The van der Waals surface area contributed by atoms with Crippen molar-refractivity contribution < 1.29 is 94.6 Å². The summed E-state index contributed by atoms with van der Waals surface area (Å²) in [5.41, 5.74) is 0. The number of amides is 3. The van der Waals surface area contributed by atoms with Gasteiger partial charge in [0, 0.05) is 57.8 Å². The zero-order valence-electron chi connectivity index (χ0n) is 94.1. The number of ether oxygens (including phenoxy) is 6. The maximum Gasteiger partial charge on any atom is 0.471 e. The minimum Gasteiger partial charge on any atom is -0.481 e. The molecule has 0 aromatic rings. The van der Waals surface area contributed by atoms with Crippen LogP contribution in [0.5, 0.6) is 0 Å². The summed E-state index contributed by atoms with van der Waals surface area (Å²) in [5, 5.41) is 8.21. The molecular formula is C116H223F3N6O17. The Hall–Kier alpha value is -5.63. The summed E-state index contributed by atoms with van der Waals surface area (Å²) >= 11 is 0. The average molecular weight is 2030 g/mol. The summed E-state index contributed by atoms with van der Waals surface area (Å²) in [5.74, 6) is -4.43. The van der Waals surface area contributed by atoms with E-state index >= 15 is 0 Å². The van der Waals surface area contributed by atoms with Crippen LogP contribution < -0.4 is 0 Å². The van der Waals surface area contributed by atoms with Crippen LogP contribution in [0.15, 0.2) is 0 Å². The Morgan fingerprint density at radius 1 is 0.190 bits per heavy atom. The van der Waals surface area contributed by atoms with Crippen molar-refractivity contribution in [1.82, 2.24) is 29.4 Å². The number of carboxylic acid groups (broad SMARTS) is 1. The number of aliphatic carboxylic acids is 1. The van der Waals surface area contributed by atoms with Gasteiger partial charge in [-0.25, -0.2) is 0 Å². The first-order chi connectivity index (χ1) is 68.6. The van der Waals surface area contributed by atoms with Crippen LogP contribution in [0, 0.1) is 0 Å². The Bertz CT molecular complexity index is 2580. The fraction of sp³-hybridized carbons (Fsp3) is 0.914. The monoisotopic (exact) mass is 2030 g/mol. The Morgan fingerprint density at radius 2 is 0.331 bits per heavy atom. The lowest BCUT2D eigenvalue weighted by Gasteiger charge is -2.23. The van der Waals surface area contributed by atoms with Gasteiger partial charge in [-0.3, -0.25) is 47.9 Å². The standard InChI is InChI=1S/2C38H74N2O5.C34H62F3NO5.C6H13NO2/c2*1-5-7-9-11-13-15-17-19-21-23-25-29-37(42)44-34-32-40(36(41)28-27-31-39(3)4)33-35-45-38(43)30-26-24-22-20-18-16-14-12-10-8-6-2;1-3-5-7-9-11-13-15-17-19-21-23-25-31(39)42-29-27-38(33(41)34(35,36)37)28-30-43-32(40)26-24-22-20-18-16-14-12-10-8-6-4-2;1-7(2)5-3-4-6(8)9/h2*5-35H2,1-4H3;3-30H2,1-2H3;3-5H2,1-2H3,(H,8,9). The van der Waals surface area contributed by atoms with Gasteiger partial charge in [-0.2, -0.15) is 13.2 Å². The molecule has 0 heterocycles. The lowest BCUT2D eigenvalue weighted by molar-refractivity contribution is -0.187. The highest BCUT2D eigenvalue weighted by atomic mass is 19.4. The largest absolute Gasteiger partial charge is 0.481 e. The molecule has 0 saturated carbocycles. The highest BCUT2D eigenvalue weighted by Gasteiger charge is 2.42. The summed E-state index contributed by atoms with van der Waals surface area (Å²) in [6.07, 6.45) is 80.7. The zero-order chi connectivity index (χ0) is 106. The molecular weight excluding hydrogens is 1810 g/mol. The third-order valence-corrected chi connectivity index (χ3v) is 25.9. The smallest absolute Gasteiger partial charge is 0.471 e. The Balaban J connectivity index is -0.000000960. The zero-order valence-corrected chi connectivity index (χ0v) is 94.1. The molecule has 0 spiro atoms. The van der Waals surface area contributed by atoms with Crippen molar-refractivity contribution in [3.63, 3.8) is 0 Å². The Labute approximate surface area is 868 Å². The van der Waals surface area contributed by atoms with Crippen LogP contribution in [0.2, 0.25) is 0 Å². The number of hydrogen-bond donors (Lipinski definition) is 1. The second-order valence-corrected chi connectivity index (χ2v) is 40.7. The number of unbranched alkanes of at least 4 members (excludes halogenated alkanes) is 60. The average Bonchev–Trinajstić information content (AvgIpc) is 0.865. The first-order valence-corrected chi connectivity index (χ1v) is 58.7. The lowest BCUT2D eigenvalue weighted by atomic mass is 10.1. The highest BCUT2D eigenvalue weighted by Crippen LogP contribution is 2.23. The van der Waals surface area contributed by atoms with E-state index in [1.165, 1.54) is 321 Å². The van der Waals surface area contributed by atoms with E-state index in [1.54, 1.807) is 9.80 Å². The van der Waals surface area contributed by atoms with Crippen molar-refractivity contribution in [2.75, 3.05) is 141 Å². The molecule has 0 aromatic carbocycles. The molecule has 0 rings (SSSR count). The van der Waals surface area contributed by atoms with Gasteiger partial charge in [0.2, 0.25) is 11.8 Å². The molecule has 840 valence electrons. The van der Waals surface area contributed by atoms with E-state index in [0.717, 1.165) is 129 Å². The van der Waals surface area contributed by atoms with E-state index in [9.17, 15) is 61.1 Å². The Morgan fingerprint density at radius 3 is 0.472 bits per heavy atom. The quantitative estimate of drug-likeness (QED) is 0.0337. The van der Waals surface area contributed by atoms with Crippen LogP contribution >= 0.6 is 0 Å². The number of carboxylic acids is 1. The molecule has 142 heavy (non-hydrogen) atoms. The van der Waals surface area contributed by atoms with Crippen LogP contribution in [0.1, 0.15) is 542 Å². The minimum absolute atomic E-state index is 0.0136. The SMILES string of the molecule is CCCCCCCCCCCCCC(=O)OCCN(CCOC(=O)CCCCCCCCCCCCC)C(=O)C(F)(F)F.CCCCCCCCCCCCCC(=O)OCCN(CCOC(=O)CCCCCCCCCCCCC)C(=O)CCCN(C)C.CCCCCCCCCCCCCC(=O)OCCN(CCOC(=O)CCCCCCCCCCCCC)C(=O)CCCN(C)C.CN(C)CCCC(=O)O. The van der Waals surface area contributed by atoms with Gasteiger partial charge in [0.05, 0.1) is 39.3 Å². The van der Waals surface area contributed by atoms with E-state index in [-0.39, 0.29) is 94.6 Å². The number of alkyl halides is 3. The van der Waals surface area contributed by atoms with E-state index in [0.29, 0.717) is 82.4 Å². The number of hydrogen-bond acceptors (Lipinski definition) is 19. The fourth-order valence-electron chi connectivity index (χ4n) is 16.8. The number of carbonyl (C=O) groups is 10. The van der Waals surface area contributed by atoms with Crippen molar-refractivity contribution in [2.45, 2.75) is 549 Å². The third-order valence-electron chi connectivity index (χ3n) is 25.9. The highest BCUT2D eigenvalue weighted by molar-refractivity contribution is 5.82. The Kier molecular flexibility index (Phi) is 113. The maximum atomic E-state index is 13.0.